The lowest BCUT2D eigenvalue weighted by molar-refractivity contribution is 0.102. The van der Waals surface area contributed by atoms with Gasteiger partial charge in [-0.05, 0) is 43.3 Å². The summed E-state index contributed by atoms with van der Waals surface area (Å²) in [4.78, 5) is 30.8. The maximum atomic E-state index is 13.2. The number of nitrogens with one attached hydrogen (secondary N) is 1. The predicted octanol–water partition coefficient (Wildman–Crippen LogP) is 3.96. The lowest BCUT2D eigenvalue weighted by atomic mass is 10.2. The zero-order valence-corrected chi connectivity index (χ0v) is 18.8. The second-order valence-electron chi connectivity index (χ2n) is 7.87. The largest absolute Gasteiger partial charge is 0.486 e. The van der Waals surface area contributed by atoms with E-state index in [1.165, 1.54) is 4.68 Å². The number of carbonyl (C=O) groups excluding carboxylic acids is 1. The number of rotatable bonds is 6. The molecule has 0 aliphatic heterocycles. The predicted molar refractivity (Wildman–Crippen MR) is 130 cm³/mol. The Morgan fingerprint density at radius 3 is 2.53 bits per heavy atom. The summed E-state index contributed by atoms with van der Waals surface area (Å²) in [7, 11) is 1.78. The second kappa shape index (κ2) is 8.74. The Hall–Kier alpha value is -4.59. The molecular formula is C26H23N5O3. The van der Waals surface area contributed by atoms with Gasteiger partial charge in [-0.2, -0.15) is 0 Å². The number of amides is 1. The summed E-state index contributed by atoms with van der Waals surface area (Å²) in [5, 5.41) is 2.79. The van der Waals surface area contributed by atoms with Crippen LogP contribution in [0, 0.1) is 6.92 Å². The smallest absolute Gasteiger partial charge is 0.295 e. The van der Waals surface area contributed by atoms with Crippen molar-refractivity contribution in [3.05, 3.63) is 112 Å². The molecule has 5 aromatic rings. The number of anilines is 1. The molecule has 3 aromatic heterocycles. The molecule has 0 bridgehead atoms. The lowest BCUT2D eigenvalue weighted by Gasteiger charge is -2.10. The molecule has 1 N–H and O–H groups in total. The van der Waals surface area contributed by atoms with Crippen LogP contribution < -0.4 is 15.6 Å². The van der Waals surface area contributed by atoms with Crippen molar-refractivity contribution in [2.75, 3.05) is 5.32 Å². The van der Waals surface area contributed by atoms with Gasteiger partial charge in [-0.3, -0.25) is 14.3 Å². The molecule has 0 radical (unpaired) electrons. The molecule has 0 atom stereocenters. The highest BCUT2D eigenvalue weighted by molar-refractivity contribution is 6.06. The number of aromatic nitrogens is 4. The van der Waals surface area contributed by atoms with Gasteiger partial charge >= 0.3 is 0 Å². The molecule has 8 heteroatoms. The maximum Gasteiger partial charge on any atom is 0.295 e. The molecule has 3 heterocycles. The molecule has 34 heavy (non-hydrogen) atoms. The number of ether oxygens (including phenoxy) is 1. The Balaban J connectivity index is 1.39. The van der Waals surface area contributed by atoms with E-state index in [4.69, 9.17) is 4.74 Å². The molecule has 8 nitrogen and oxygen atoms in total. The number of para-hydroxylation sites is 2. The highest BCUT2D eigenvalue weighted by atomic mass is 16.5. The molecule has 0 saturated heterocycles. The summed E-state index contributed by atoms with van der Waals surface area (Å²) in [6.07, 6.45) is 3.80. The third-order valence-corrected chi connectivity index (χ3v) is 5.71. The summed E-state index contributed by atoms with van der Waals surface area (Å²) in [5.74, 6) is -0.00867. The first-order chi connectivity index (χ1) is 16.5. The van der Waals surface area contributed by atoms with Crippen LogP contribution in [0.25, 0.3) is 11.3 Å². The number of hydrogen-bond acceptors (Lipinski definition) is 4. The minimum atomic E-state index is -0.420. The highest BCUT2D eigenvalue weighted by Crippen LogP contribution is 2.22. The van der Waals surface area contributed by atoms with Crippen LogP contribution in [0.2, 0.25) is 0 Å². The molecule has 170 valence electrons. The van der Waals surface area contributed by atoms with E-state index in [-0.39, 0.29) is 17.9 Å². The van der Waals surface area contributed by atoms with Gasteiger partial charge in [-0.15, -0.1) is 0 Å². The number of imidazole rings is 1. The maximum absolute atomic E-state index is 13.2. The van der Waals surface area contributed by atoms with Gasteiger partial charge in [0.25, 0.3) is 11.5 Å². The number of benzene rings is 2. The first kappa shape index (κ1) is 21.3. The SMILES string of the molecule is Cc1c(NC(=O)c2ccccc2OCc2cn3ccccc3n2)c(=O)n(-c2ccccc2)n1C. The minimum absolute atomic E-state index is 0.206. The van der Waals surface area contributed by atoms with E-state index < -0.39 is 5.91 Å². The third-order valence-electron chi connectivity index (χ3n) is 5.71. The fraction of sp³-hybridized carbons (Fsp3) is 0.115. The van der Waals surface area contributed by atoms with Gasteiger partial charge in [-0.1, -0.05) is 36.4 Å². The fourth-order valence-corrected chi connectivity index (χ4v) is 3.88. The van der Waals surface area contributed by atoms with Crippen LogP contribution in [0.1, 0.15) is 21.7 Å². The van der Waals surface area contributed by atoms with Crippen LogP contribution in [-0.2, 0) is 13.7 Å². The van der Waals surface area contributed by atoms with Gasteiger partial charge in [0.1, 0.15) is 23.7 Å². The van der Waals surface area contributed by atoms with Gasteiger partial charge in [0.15, 0.2) is 0 Å². The molecule has 1 amide bonds. The van der Waals surface area contributed by atoms with Crippen LogP contribution in [-0.4, -0.2) is 24.7 Å². The Labute approximate surface area is 195 Å². The van der Waals surface area contributed by atoms with Crippen molar-refractivity contribution in [1.29, 1.82) is 0 Å². The molecule has 0 spiro atoms. The van der Waals surface area contributed by atoms with Crippen molar-refractivity contribution in [2.45, 2.75) is 13.5 Å². The van der Waals surface area contributed by atoms with E-state index in [1.54, 1.807) is 42.9 Å². The first-order valence-corrected chi connectivity index (χ1v) is 10.8. The molecule has 0 saturated carbocycles. The lowest BCUT2D eigenvalue weighted by Crippen LogP contribution is -2.23. The van der Waals surface area contributed by atoms with Crippen LogP contribution in [0.15, 0.2) is 90.0 Å². The van der Waals surface area contributed by atoms with Crippen LogP contribution >= 0.6 is 0 Å². The Kier molecular flexibility index (Phi) is 5.47. The van der Waals surface area contributed by atoms with Crippen molar-refractivity contribution in [1.82, 2.24) is 18.7 Å². The number of nitrogens with zero attached hydrogens (tertiary/aromatic N) is 4. The Morgan fingerprint density at radius 2 is 1.74 bits per heavy atom. The first-order valence-electron chi connectivity index (χ1n) is 10.8. The van der Waals surface area contributed by atoms with E-state index >= 15 is 0 Å². The molecule has 0 aliphatic rings. The quantitative estimate of drug-likeness (QED) is 0.422. The summed E-state index contributed by atoms with van der Waals surface area (Å²) < 4.78 is 11.1. The standard InChI is InChI=1S/C26H23N5O3/c1-18-24(26(33)31(29(18)2)20-10-4-3-5-11-20)28-25(32)21-12-6-7-13-22(21)34-17-19-16-30-15-9-8-14-23(30)27-19/h3-16H,17H2,1-2H3,(H,28,32). The van der Waals surface area contributed by atoms with E-state index in [0.717, 1.165) is 17.0 Å². The molecule has 5 rings (SSSR count). The molecule has 0 aliphatic carbocycles. The van der Waals surface area contributed by atoms with Crippen LogP contribution in [0.4, 0.5) is 5.69 Å². The Bertz CT molecular complexity index is 1510. The topological polar surface area (TPSA) is 82.6 Å². The monoisotopic (exact) mass is 453 g/mol. The van der Waals surface area contributed by atoms with Gasteiger partial charge < -0.3 is 14.5 Å². The normalized spacial score (nSPS) is 11.0. The summed E-state index contributed by atoms with van der Waals surface area (Å²) >= 11 is 0. The van der Waals surface area contributed by atoms with Crippen molar-refractivity contribution in [3.8, 4) is 11.4 Å². The average molecular weight is 454 g/mol. The van der Waals surface area contributed by atoms with Gasteiger partial charge in [0, 0.05) is 19.4 Å². The number of pyridine rings is 1. The molecule has 0 unspecified atom stereocenters. The van der Waals surface area contributed by atoms with Crippen molar-refractivity contribution < 1.29 is 9.53 Å². The fourth-order valence-electron chi connectivity index (χ4n) is 3.88. The average Bonchev–Trinajstić information content (AvgIpc) is 3.37. The van der Waals surface area contributed by atoms with Gasteiger partial charge in [0.05, 0.1) is 22.6 Å². The van der Waals surface area contributed by atoms with Gasteiger partial charge in [-0.25, -0.2) is 9.67 Å². The molecule has 0 fully saturated rings. The molecular weight excluding hydrogens is 430 g/mol. The zero-order chi connectivity index (χ0) is 23.7. The van der Waals surface area contributed by atoms with Gasteiger partial charge in [0.2, 0.25) is 0 Å². The van der Waals surface area contributed by atoms with E-state index in [0.29, 0.717) is 17.0 Å². The van der Waals surface area contributed by atoms with E-state index in [1.807, 2.05) is 65.3 Å². The van der Waals surface area contributed by atoms with Crippen LogP contribution in [0.3, 0.4) is 0 Å². The number of hydrogen-bond donors (Lipinski definition) is 1. The van der Waals surface area contributed by atoms with Crippen molar-refractivity contribution in [3.63, 3.8) is 0 Å². The second-order valence-corrected chi connectivity index (χ2v) is 7.87. The van der Waals surface area contributed by atoms with Crippen molar-refractivity contribution >= 4 is 17.2 Å². The number of carbonyl (C=O) groups is 1. The van der Waals surface area contributed by atoms with E-state index in [9.17, 15) is 9.59 Å². The summed E-state index contributed by atoms with van der Waals surface area (Å²) in [6.45, 7) is 2.00. The number of fused-ring (bicyclic) bond motifs is 1. The van der Waals surface area contributed by atoms with Crippen molar-refractivity contribution in [2.24, 2.45) is 7.05 Å². The minimum Gasteiger partial charge on any atom is -0.486 e. The summed E-state index contributed by atoms with van der Waals surface area (Å²) in [5.41, 5.74) is 3.18. The van der Waals surface area contributed by atoms with E-state index in [2.05, 4.69) is 10.3 Å². The third kappa shape index (κ3) is 3.86. The van der Waals surface area contributed by atoms with Crippen LogP contribution in [0.5, 0.6) is 5.75 Å². The molecule has 2 aromatic carbocycles. The summed E-state index contributed by atoms with van der Waals surface area (Å²) in [6, 6.07) is 22.0. The highest BCUT2D eigenvalue weighted by Gasteiger charge is 2.20. The zero-order valence-electron chi connectivity index (χ0n) is 18.8. The Morgan fingerprint density at radius 1 is 1.00 bits per heavy atom.